The maximum absolute atomic E-state index is 12.5. The summed E-state index contributed by atoms with van der Waals surface area (Å²) in [7, 11) is 0. The van der Waals surface area contributed by atoms with Crippen molar-refractivity contribution in [1.82, 2.24) is 0 Å². The van der Waals surface area contributed by atoms with Crippen LogP contribution < -0.4 is 0 Å². The number of hydrogen-bond donors (Lipinski definition) is 1. The molecular weight excluding hydrogens is 540 g/mol. The standard InChI is InChI=1S/C41H82O3/c1-4-7-10-13-15-17-19-21-24-28-33-39(34-29-25-22-20-18-16-14-11-8-5-2)38-44-41(43)37-32-27-26-31-36-40(42)35-30-23-12-9-6-3/h39-40,42H,4-38H2,1-3H3. The van der Waals surface area contributed by atoms with E-state index < -0.39 is 0 Å². The predicted molar refractivity (Wildman–Crippen MR) is 194 cm³/mol. The maximum Gasteiger partial charge on any atom is 0.305 e. The monoisotopic (exact) mass is 623 g/mol. The Labute approximate surface area is 277 Å². The molecule has 0 aliphatic rings. The fourth-order valence-electron chi connectivity index (χ4n) is 6.57. The lowest BCUT2D eigenvalue weighted by Gasteiger charge is -2.17. The highest BCUT2D eigenvalue weighted by molar-refractivity contribution is 5.69. The highest BCUT2D eigenvalue weighted by Crippen LogP contribution is 2.21. The zero-order valence-electron chi connectivity index (χ0n) is 30.7. The summed E-state index contributed by atoms with van der Waals surface area (Å²) in [5.74, 6) is 0.554. The van der Waals surface area contributed by atoms with E-state index in [9.17, 15) is 9.90 Å². The number of hydrogen-bond acceptors (Lipinski definition) is 3. The van der Waals surface area contributed by atoms with Gasteiger partial charge in [0.25, 0.3) is 0 Å². The van der Waals surface area contributed by atoms with Crippen LogP contribution in [0.4, 0.5) is 0 Å². The summed E-state index contributed by atoms with van der Waals surface area (Å²) in [6.07, 6.45) is 42.8. The van der Waals surface area contributed by atoms with Crippen LogP contribution in [-0.2, 0) is 9.53 Å². The minimum atomic E-state index is -0.135. The first kappa shape index (κ1) is 43.4. The molecule has 0 bridgehead atoms. The molecule has 0 aliphatic heterocycles. The minimum absolute atomic E-state index is 0.00765. The van der Waals surface area contributed by atoms with Gasteiger partial charge in [0.1, 0.15) is 0 Å². The molecule has 1 N–H and O–H groups in total. The van der Waals surface area contributed by atoms with Gasteiger partial charge in [0, 0.05) is 6.42 Å². The van der Waals surface area contributed by atoms with Crippen molar-refractivity contribution in [3.8, 4) is 0 Å². The number of carbonyl (C=O) groups is 1. The van der Waals surface area contributed by atoms with Crippen molar-refractivity contribution < 1.29 is 14.6 Å². The molecule has 264 valence electrons. The molecule has 0 radical (unpaired) electrons. The van der Waals surface area contributed by atoms with E-state index >= 15 is 0 Å². The Morgan fingerprint density at radius 2 is 0.727 bits per heavy atom. The van der Waals surface area contributed by atoms with E-state index in [0.29, 0.717) is 18.9 Å². The van der Waals surface area contributed by atoms with Gasteiger partial charge in [-0.05, 0) is 38.0 Å². The minimum Gasteiger partial charge on any atom is -0.465 e. The van der Waals surface area contributed by atoms with Crippen LogP contribution in [0, 0.1) is 5.92 Å². The zero-order chi connectivity index (χ0) is 32.2. The summed E-state index contributed by atoms with van der Waals surface area (Å²) in [6, 6.07) is 0. The fourth-order valence-corrected chi connectivity index (χ4v) is 6.57. The number of carbonyl (C=O) groups excluding carboxylic acids is 1. The molecule has 0 amide bonds. The number of esters is 1. The lowest BCUT2D eigenvalue weighted by atomic mass is 9.94. The summed E-state index contributed by atoms with van der Waals surface area (Å²) in [6.45, 7) is 7.46. The number of aliphatic hydroxyl groups is 1. The van der Waals surface area contributed by atoms with Crippen molar-refractivity contribution in [3.05, 3.63) is 0 Å². The Morgan fingerprint density at radius 1 is 0.432 bits per heavy atom. The SMILES string of the molecule is CCCCCCCCCCCCC(CCCCCCCCCCCC)COC(=O)CCCCCCC(O)CCCCCCC. The van der Waals surface area contributed by atoms with Gasteiger partial charge in [-0.3, -0.25) is 4.79 Å². The Balaban J connectivity index is 4.07. The molecule has 3 heteroatoms. The van der Waals surface area contributed by atoms with E-state index in [1.807, 2.05) is 0 Å². The molecule has 1 atom stereocenters. The van der Waals surface area contributed by atoms with E-state index in [1.165, 1.54) is 167 Å². The molecule has 0 fully saturated rings. The normalized spacial score (nSPS) is 12.3. The van der Waals surface area contributed by atoms with Crippen molar-refractivity contribution in [3.63, 3.8) is 0 Å². The molecule has 0 aliphatic carbocycles. The van der Waals surface area contributed by atoms with Gasteiger partial charge in [0.15, 0.2) is 0 Å². The Morgan fingerprint density at radius 3 is 1.09 bits per heavy atom. The molecule has 0 heterocycles. The molecule has 0 saturated heterocycles. The van der Waals surface area contributed by atoms with Crippen LogP contribution >= 0.6 is 0 Å². The number of rotatable bonds is 37. The van der Waals surface area contributed by atoms with E-state index in [4.69, 9.17) is 4.74 Å². The molecule has 1 unspecified atom stereocenters. The van der Waals surface area contributed by atoms with Crippen molar-refractivity contribution in [2.75, 3.05) is 6.61 Å². The van der Waals surface area contributed by atoms with Gasteiger partial charge < -0.3 is 9.84 Å². The quantitative estimate of drug-likeness (QED) is 0.0554. The van der Waals surface area contributed by atoms with Gasteiger partial charge in [-0.15, -0.1) is 0 Å². The smallest absolute Gasteiger partial charge is 0.305 e. The lowest BCUT2D eigenvalue weighted by Crippen LogP contribution is -2.14. The topological polar surface area (TPSA) is 46.5 Å². The molecule has 0 spiro atoms. The van der Waals surface area contributed by atoms with Gasteiger partial charge in [0.2, 0.25) is 0 Å². The van der Waals surface area contributed by atoms with Crippen molar-refractivity contribution in [2.24, 2.45) is 5.92 Å². The molecule has 0 aromatic heterocycles. The average Bonchev–Trinajstić information content (AvgIpc) is 3.02. The molecule has 3 nitrogen and oxygen atoms in total. The van der Waals surface area contributed by atoms with Crippen LogP contribution in [0.15, 0.2) is 0 Å². The van der Waals surface area contributed by atoms with E-state index in [1.54, 1.807) is 0 Å². The number of ether oxygens (including phenoxy) is 1. The Kier molecular flexibility index (Phi) is 36.4. The first-order chi connectivity index (χ1) is 21.6. The number of unbranched alkanes of at least 4 members (excludes halogenated alkanes) is 25. The van der Waals surface area contributed by atoms with Crippen LogP contribution in [-0.4, -0.2) is 23.8 Å². The molecule has 44 heavy (non-hydrogen) atoms. The van der Waals surface area contributed by atoms with Crippen molar-refractivity contribution >= 4 is 5.97 Å². The summed E-state index contributed by atoms with van der Waals surface area (Å²) in [5.41, 5.74) is 0. The van der Waals surface area contributed by atoms with E-state index in [2.05, 4.69) is 20.8 Å². The van der Waals surface area contributed by atoms with Crippen molar-refractivity contribution in [2.45, 2.75) is 245 Å². The van der Waals surface area contributed by atoms with Gasteiger partial charge in [0.05, 0.1) is 12.7 Å². The van der Waals surface area contributed by atoms with Crippen LogP contribution in [0.3, 0.4) is 0 Å². The van der Waals surface area contributed by atoms with Crippen LogP contribution in [0.2, 0.25) is 0 Å². The third-order valence-corrected chi connectivity index (χ3v) is 9.72. The predicted octanol–water partition coefficient (Wildman–Crippen LogP) is 13.8. The second kappa shape index (κ2) is 36.9. The Bertz CT molecular complexity index is 524. The van der Waals surface area contributed by atoms with Crippen LogP contribution in [0.1, 0.15) is 239 Å². The maximum atomic E-state index is 12.5. The highest BCUT2D eigenvalue weighted by atomic mass is 16.5. The first-order valence-electron chi connectivity index (χ1n) is 20.5. The second-order valence-corrected chi connectivity index (χ2v) is 14.3. The van der Waals surface area contributed by atoms with Gasteiger partial charge in [-0.25, -0.2) is 0 Å². The van der Waals surface area contributed by atoms with E-state index in [0.717, 1.165) is 44.9 Å². The Hall–Kier alpha value is -0.570. The molecule has 0 aromatic rings. The van der Waals surface area contributed by atoms with Crippen LogP contribution in [0.25, 0.3) is 0 Å². The summed E-state index contributed by atoms with van der Waals surface area (Å²) < 4.78 is 5.83. The average molecular weight is 623 g/mol. The third-order valence-electron chi connectivity index (χ3n) is 9.72. The molecule has 0 rings (SSSR count). The molecule has 0 saturated carbocycles. The largest absolute Gasteiger partial charge is 0.465 e. The van der Waals surface area contributed by atoms with Gasteiger partial charge >= 0.3 is 5.97 Å². The van der Waals surface area contributed by atoms with E-state index in [-0.39, 0.29) is 12.1 Å². The summed E-state index contributed by atoms with van der Waals surface area (Å²) in [4.78, 5) is 12.5. The second-order valence-electron chi connectivity index (χ2n) is 14.3. The first-order valence-corrected chi connectivity index (χ1v) is 20.5. The van der Waals surface area contributed by atoms with Crippen LogP contribution in [0.5, 0.6) is 0 Å². The number of aliphatic hydroxyl groups excluding tert-OH is 1. The van der Waals surface area contributed by atoms with Gasteiger partial charge in [-0.2, -0.15) is 0 Å². The fraction of sp³-hybridized carbons (Fsp3) is 0.976. The van der Waals surface area contributed by atoms with Crippen molar-refractivity contribution in [1.29, 1.82) is 0 Å². The summed E-state index contributed by atoms with van der Waals surface area (Å²) >= 11 is 0. The lowest BCUT2D eigenvalue weighted by molar-refractivity contribution is -0.145. The molecule has 0 aromatic carbocycles. The zero-order valence-corrected chi connectivity index (χ0v) is 30.7. The molecular formula is C41H82O3. The third kappa shape index (κ3) is 34.3. The highest BCUT2D eigenvalue weighted by Gasteiger charge is 2.13. The summed E-state index contributed by atoms with van der Waals surface area (Å²) in [5, 5.41) is 10.2. The van der Waals surface area contributed by atoms with Gasteiger partial charge in [-0.1, -0.05) is 201 Å².